The zero-order valence-corrected chi connectivity index (χ0v) is 11.1. The fourth-order valence-corrected chi connectivity index (χ4v) is 2.92. The van der Waals surface area contributed by atoms with Gasteiger partial charge in [-0.2, -0.15) is 5.10 Å². The molecule has 1 saturated heterocycles. The second kappa shape index (κ2) is 4.69. The van der Waals surface area contributed by atoms with E-state index in [1.165, 1.54) is 24.9 Å². The lowest BCUT2D eigenvalue weighted by Crippen LogP contribution is -2.31. The Labute approximate surface area is 108 Å². The van der Waals surface area contributed by atoms with Gasteiger partial charge >= 0.3 is 0 Å². The summed E-state index contributed by atoms with van der Waals surface area (Å²) in [6, 6.07) is 4.74. The van der Waals surface area contributed by atoms with Gasteiger partial charge in [0.15, 0.2) is 11.5 Å². The molecular formula is C14H20N4. The van der Waals surface area contributed by atoms with Gasteiger partial charge in [-0.25, -0.2) is 9.50 Å². The summed E-state index contributed by atoms with van der Waals surface area (Å²) in [7, 11) is 0. The van der Waals surface area contributed by atoms with Crippen molar-refractivity contribution in [3.05, 3.63) is 29.7 Å². The van der Waals surface area contributed by atoms with Crippen molar-refractivity contribution >= 4 is 5.65 Å². The van der Waals surface area contributed by atoms with E-state index in [0.29, 0.717) is 6.04 Å². The number of hydrogen-bond acceptors (Lipinski definition) is 3. The van der Waals surface area contributed by atoms with Crippen LogP contribution in [-0.4, -0.2) is 38.6 Å². The summed E-state index contributed by atoms with van der Waals surface area (Å²) < 4.78 is 1.90. The minimum Gasteiger partial charge on any atom is -0.300 e. The minimum atomic E-state index is 0.632. The third kappa shape index (κ3) is 2.01. The maximum absolute atomic E-state index is 4.67. The first kappa shape index (κ1) is 11.7. The van der Waals surface area contributed by atoms with Gasteiger partial charge in [-0.05, 0) is 44.5 Å². The molecule has 1 aliphatic rings. The molecule has 18 heavy (non-hydrogen) atoms. The highest BCUT2D eigenvalue weighted by atomic mass is 15.3. The second-order valence-electron chi connectivity index (χ2n) is 5.12. The summed E-state index contributed by atoms with van der Waals surface area (Å²) in [4.78, 5) is 7.21. The first-order chi connectivity index (χ1) is 8.78. The lowest BCUT2D eigenvalue weighted by atomic mass is 10.1. The Morgan fingerprint density at radius 1 is 1.44 bits per heavy atom. The summed E-state index contributed by atoms with van der Waals surface area (Å²) in [6.45, 7) is 6.69. The highest BCUT2D eigenvalue weighted by molar-refractivity contribution is 5.45. The number of likely N-dealkylation sites (N-methyl/N-ethyl adjacent to an activating group) is 1. The molecule has 0 saturated carbocycles. The van der Waals surface area contributed by atoms with E-state index in [-0.39, 0.29) is 0 Å². The van der Waals surface area contributed by atoms with Crippen molar-refractivity contribution in [1.82, 2.24) is 19.5 Å². The monoisotopic (exact) mass is 244 g/mol. The van der Waals surface area contributed by atoms with Crippen LogP contribution in [-0.2, 0) is 6.42 Å². The van der Waals surface area contributed by atoms with E-state index in [1.807, 2.05) is 16.8 Å². The van der Waals surface area contributed by atoms with Crippen LogP contribution in [0.3, 0.4) is 0 Å². The van der Waals surface area contributed by atoms with Crippen LogP contribution in [0.25, 0.3) is 5.65 Å². The van der Waals surface area contributed by atoms with E-state index in [9.17, 15) is 0 Å². The Hall–Kier alpha value is -1.42. The summed E-state index contributed by atoms with van der Waals surface area (Å²) in [5, 5.41) is 4.58. The van der Waals surface area contributed by atoms with E-state index in [1.54, 1.807) is 0 Å². The number of fused-ring (bicyclic) bond motifs is 1. The zero-order chi connectivity index (χ0) is 12.5. The van der Waals surface area contributed by atoms with Crippen molar-refractivity contribution in [3.8, 4) is 0 Å². The zero-order valence-electron chi connectivity index (χ0n) is 11.1. The molecule has 3 rings (SSSR count). The van der Waals surface area contributed by atoms with E-state index >= 15 is 0 Å². The lowest BCUT2D eigenvalue weighted by Gasteiger charge is -2.21. The average Bonchev–Trinajstić information content (AvgIpc) is 2.96. The summed E-state index contributed by atoms with van der Waals surface area (Å²) >= 11 is 0. The molecule has 96 valence electrons. The highest BCUT2D eigenvalue weighted by Gasteiger charge is 2.24. The van der Waals surface area contributed by atoms with Crippen molar-refractivity contribution in [3.63, 3.8) is 0 Å². The van der Waals surface area contributed by atoms with Gasteiger partial charge in [0.1, 0.15) is 0 Å². The van der Waals surface area contributed by atoms with Crippen LogP contribution in [0.1, 0.15) is 31.2 Å². The van der Waals surface area contributed by atoms with Gasteiger partial charge in [0, 0.05) is 18.7 Å². The predicted octanol–water partition coefficient (Wildman–Crippen LogP) is 2.06. The first-order valence-electron chi connectivity index (χ1n) is 6.83. The van der Waals surface area contributed by atoms with Gasteiger partial charge < -0.3 is 4.90 Å². The number of rotatable bonds is 3. The van der Waals surface area contributed by atoms with Gasteiger partial charge in [0.05, 0.1) is 0 Å². The summed E-state index contributed by atoms with van der Waals surface area (Å²) in [5.74, 6) is 0.981. The molecule has 0 spiro atoms. The van der Waals surface area contributed by atoms with Crippen LogP contribution in [0.4, 0.5) is 0 Å². The topological polar surface area (TPSA) is 33.4 Å². The maximum Gasteiger partial charge on any atom is 0.158 e. The summed E-state index contributed by atoms with van der Waals surface area (Å²) in [5.41, 5.74) is 2.18. The first-order valence-corrected chi connectivity index (χ1v) is 6.83. The van der Waals surface area contributed by atoms with Gasteiger partial charge in [-0.15, -0.1) is 0 Å². The molecule has 4 heteroatoms. The quantitative estimate of drug-likeness (QED) is 0.828. The number of aromatic nitrogens is 3. The predicted molar refractivity (Wildman–Crippen MR) is 71.7 cm³/mol. The molecule has 0 N–H and O–H groups in total. The molecule has 3 heterocycles. The molecule has 4 nitrogen and oxygen atoms in total. The van der Waals surface area contributed by atoms with Crippen LogP contribution in [0, 0.1) is 6.92 Å². The van der Waals surface area contributed by atoms with E-state index in [4.69, 9.17) is 0 Å². The molecule has 0 aliphatic carbocycles. The van der Waals surface area contributed by atoms with Crippen LogP contribution < -0.4 is 0 Å². The van der Waals surface area contributed by atoms with Crippen LogP contribution in [0.2, 0.25) is 0 Å². The smallest absolute Gasteiger partial charge is 0.158 e. The van der Waals surface area contributed by atoms with E-state index in [2.05, 4.69) is 34.9 Å². The lowest BCUT2D eigenvalue weighted by molar-refractivity contribution is 0.263. The van der Waals surface area contributed by atoms with Gasteiger partial charge in [0.2, 0.25) is 0 Å². The Morgan fingerprint density at radius 2 is 2.33 bits per heavy atom. The van der Waals surface area contributed by atoms with Crippen molar-refractivity contribution in [2.75, 3.05) is 13.1 Å². The largest absolute Gasteiger partial charge is 0.300 e. The van der Waals surface area contributed by atoms with Gasteiger partial charge in [-0.1, -0.05) is 13.0 Å². The minimum absolute atomic E-state index is 0.632. The van der Waals surface area contributed by atoms with Crippen LogP contribution >= 0.6 is 0 Å². The van der Waals surface area contributed by atoms with E-state index < -0.39 is 0 Å². The Kier molecular flexibility index (Phi) is 3.04. The Morgan fingerprint density at radius 3 is 3.11 bits per heavy atom. The molecule has 2 aromatic rings. The third-order valence-corrected chi connectivity index (χ3v) is 3.92. The molecule has 1 unspecified atom stereocenters. The molecule has 1 atom stereocenters. The Bertz CT molecular complexity index is 546. The maximum atomic E-state index is 4.67. The normalized spacial score (nSPS) is 20.9. The fraction of sp³-hybridized carbons (Fsp3) is 0.571. The van der Waals surface area contributed by atoms with Crippen molar-refractivity contribution in [1.29, 1.82) is 0 Å². The van der Waals surface area contributed by atoms with E-state index in [0.717, 1.165) is 24.4 Å². The SMILES string of the molecule is CCN1CCCC1Cc1nc2c(C)cccn2n1. The van der Waals surface area contributed by atoms with Crippen LogP contribution in [0.5, 0.6) is 0 Å². The van der Waals surface area contributed by atoms with Crippen molar-refractivity contribution < 1.29 is 0 Å². The molecular weight excluding hydrogens is 224 g/mol. The molecule has 0 aromatic carbocycles. The number of likely N-dealkylation sites (tertiary alicyclic amines) is 1. The van der Waals surface area contributed by atoms with Gasteiger partial charge in [-0.3, -0.25) is 0 Å². The van der Waals surface area contributed by atoms with Crippen molar-refractivity contribution in [2.45, 2.75) is 39.2 Å². The fourth-order valence-electron chi connectivity index (χ4n) is 2.92. The average molecular weight is 244 g/mol. The van der Waals surface area contributed by atoms with Crippen LogP contribution in [0.15, 0.2) is 18.3 Å². The second-order valence-corrected chi connectivity index (χ2v) is 5.12. The highest BCUT2D eigenvalue weighted by Crippen LogP contribution is 2.20. The molecule has 0 radical (unpaired) electrons. The van der Waals surface area contributed by atoms with Crippen molar-refractivity contribution in [2.24, 2.45) is 0 Å². The number of aryl methyl sites for hydroxylation is 1. The number of hydrogen-bond donors (Lipinski definition) is 0. The summed E-state index contributed by atoms with van der Waals surface area (Å²) in [6.07, 6.45) is 5.55. The van der Waals surface area contributed by atoms with Gasteiger partial charge in [0.25, 0.3) is 0 Å². The number of nitrogens with zero attached hydrogens (tertiary/aromatic N) is 4. The standard InChI is InChI=1S/C14H20N4/c1-3-17-8-5-7-12(17)10-13-15-14-11(2)6-4-9-18(14)16-13/h4,6,9,12H,3,5,7-8,10H2,1-2H3. The molecule has 1 fully saturated rings. The third-order valence-electron chi connectivity index (χ3n) is 3.92. The molecule has 1 aliphatic heterocycles. The molecule has 2 aromatic heterocycles. The number of pyridine rings is 1. The molecule has 0 amide bonds. The Balaban J connectivity index is 1.84. The molecule has 0 bridgehead atoms.